The molecule has 1 rings (SSSR count). The molecule has 0 aliphatic carbocycles. The van der Waals surface area contributed by atoms with Crippen LogP contribution in [0.3, 0.4) is 0 Å². The van der Waals surface area contributed by atoms with Crippen LogP contribution < -0.4 is 14.8 Å². The molecule has 0 atom stereocenters. The van der Waals surface area contributed by atoms with Crippen molar-refractivity contribution in [3.8, 4) is 11.5 Å². The number of halogens is 1. The summed E-state index contributed by atoms with van der Waals surface area (Å²) in [6.45, 7) is 0.612. The van der Waals surface area contributed by atoms with Crippen molar-refractivity contribution < 1.29 is 14.3 Å². The van der Waals surface area contributed by atoms with Gasteiger partial charge in [0.15, 0.2) is 0 Å². The lowest BCUT2D eigenvalue weighted by atomic mass is 10.1. The number of nitrogens with one attached hydrogen (secondary N) is 1. The van der Waals surface area contributed by atoms with Gasteiger partial charge in [0.2, 0.25) is 0 Å². The minimum atomic E-state index is -0.149. The first-order valence-electron chi connectivity index (χ1n) is 5.79. The zero-order valence-corrected chi connectivity index (χ0v) is 11.4. The van der Waals surface area contributed by atoms with Crippen molar-refractivity contribution in [2.24, 2.45) is 0 Å². The zero-order valence-electron chi connectivity index (χ0n) is 10.7. The Morgan fingerprint density at radius 3 is 2.67 bits per heavy atom. The molecule has 1 N–H and O–H groups in total. The first-order valence-corrected chi connectivity index (χ1v) is 6.32. The van der Waals surface area contributed by atoms with Crippen LogP contribution >= 0.6 is 11.6 Å². The van der Waals surface area contributed by atoms with Crippen molar-refractivity contribution in [1.29, 1.82) is 0 Å². The molecule has 0 radical (unpaired) electrons. The van der Waals surface area contributed by atoms with E-state index in [1.165, 1.54) is 7.11 Å². The minimum absolute atomic E-state index is 0.149. The fourth-order valence-corrected chi connectivity index (χ4v) is 1.69. The summed E-state index contributed by atoms with van der Waals surface area (Å²) in [7, 11) is 3.10. The van der Waals surface area contributed by atoms with Crippen LogP contribution in [0, 0.1) is 0 Å². The molecule has 1 aromatic rings. The van der Waals surface area contributed by atoms with E-state index in [1.807, 2.05) is 0 Å². The number of carbonyl (C=O) groups excluding carboxylic acids is 1. The number of unbranched alkanes of at least 4 members (excludes halogenated alkanes) is 1. The average Bonchev–Trinajstić information content (AvgIpc) is 2.42. The Kier molecular flexibility index (Phi) is 6.36. The molecule has 0 saturated heterocycles. The number of hydrogen-bond acceptors (Lipinski definition) is 3. The smallest absolute Gasteiger partial charge is 0.255 e. The van der Waals surface area contributed by atoms with Crippen molar-refractivity contribution in [1.82, 2.24) is 5.32 Å². The first kappa shape index (κ1) is 14.6. The molecule has 1 aromatic carbocycles. The number of ether oxygens (including phenoxy) is 2. The Morgan fingerprint density at radius 2 is 2.06 bits per heavy atom. The summed E-state index contributed by atoms with van der Waals surface area (Å²) in [6.07, 6.45) is 1.76. The van der Waals surface area contributed by atoms with E-state index in [9.17, 15) is 4.79 Å². The van der Waals surface area contributed by atoms with Gasteiger partial charge < -0.3 is 14.8 Å². The number of amides is 1. The lowest BCUT2D eigenvalue weighted by Gasteiger charge is -2.10. The lowest BCUT2D eigenvalue weighted by molar-refractivity contribution is 0.0950. The highest BCUT2D eigenvalue weighted by atomic mass is 35.5. The van der Waals surface area contributed by atoms with E-state index >= 15 is 0 Å². The summed E-state index contributed by atoms with van der Waals surface area (Å²) in [6, 6.07) is 5.11. The quantitative estimate of drug-likeness (QED) is 0.612. The second-order valence-electron chi connectivity index (χ2n) is 3.72. The first-order chi connectivity index (χ1) is 8.72. The van der Waals surface area contributed by atoms with Crippen molar-refractivity contribution in [3.05, 3.63) is 23.8 Å². The van der Waals surface area contributed by atoms with Gasteiger partial charge in [-0.3, -0.25) is 4.79 Å². The van der Waals surface area contributed by atoms with E-state index in [4.69, 9.17) is 21.1 Å². The third kappa shape index (κ3) is 4.11. The number of hydrogen-bond donors (Lipinski definition) is 1. The summed E-state index contributed by atoms with van der Waals surface area (Å²) in [4.78, 5) is 11.9. The van der Waals surface area contributed by atoms with Crippen LogP contribution in [0.25, 0.3) is 0 Å². The van der Waals surface area contributed by atoms with Gasteiger partial charge in [-0.2, -0.15) is 0 Å². The van der Waals surface area contributed by atoms with Gasteiger partial charge >= 0.3 is 0 Å². The van der Waals surface area contributed by atoms with Gasteiger partial charge in [0.05, 0.1) is 19.8 Å². The summed E-state index contributed by atoms with van der Waals surface area (Å²) in [5.41, 5.74) is 0.504. The van der Waals surface area contributed by atoms with Crippen LogP contribution in [-0.2, 0) is 0 Å². The highest BCUT2D eigenvalue weighted by Crippen LogP contribution is 2.24. The van der Waals surface area contributed by atoms with Crippen molar-refractivity contribution in [2.45, 2.75) is 12.8 Å². The Morgan fingerprint density at radius 1 is 1.28 bits per heavy atom. The lowest BCUT2D eigenvalue weighted by Crippen LogP contribution is -2.25. The van der Waals surface area contributed by atoms with Gasteiger partial charge in [0.25, 0.3) is 5.91 Å². The summed E-state index contributed by atoms with van der Waals surface area (Å²) >= 11 is 5.57. The van der Waals surface area contributed by atoms with Gasteiger partial charge in [-0.25, -0.2) is 0 Å². The normalized spacial score (nSPS) is 9.94. The van der Waals surface area contributed by atoms with Crippen LogP contribution in [0.2, 0.25) is 0 Å². The fraction of sp³-hybridized carbons (Fsp3) is 0.462. The average molecular weight is 272 g/mol. The van der Waals surface area contributed by atoms with E-state index in [0.717, 1.165) is 12.8 Å². The Bertz CT molecular complexity index is 396. The van der Waals surface area contributed by atoms with Gasteiger partial charge in [-0.05, 0) is 25.0 Å². The van der Waals surface area contributed by atoms with Crippen LogP contribution in [0.4, 0.5) is 0 Å². The van der Waals surface area contributed by atoms with Gasteiger partial charge in [-0.15, -0.1) is 11.6 Å². The maximum atomic E-state index is 11.9. The molecule has 18 heavy (non-hydrogen) atoms. The molecule has 100 valence electrons. The van der Waals surface area contributed by atoms with E-state index in [2.05, 4.69) is 5.32 Å². The van der Waals surface area contributed by atoms with E-state index < -0.39 is 0 Å². The molecule has 0 aliphatic heterocycles. The topological polar surface area (TPSA) is 47.6 Å². The monoisotopic (exact) mass is 271 g/mol. The molecule has 0 unspecified atom stereocenters. The van der Waals surface area contributed by atoms with E-state index in [1.54, 1.807) is 25.3 Å². The molecule has 0 heterocycles. The third-order valence-electron chi connectivity index (χ3n) is 2.50. The highest BCUT2D eigenvalue weighted by Gasteiger charge is 2.12. The summed E-state index contributed by atoms with van der Waals surface area (Å²) in [5.74, 6) is 1.63. The summed E-state index contributed by atoms with van der Waals surface area (Å²) in [5, 5.41) is 2.83. The molecule has 0 aliphatic rings. The number of rotatable bonds is 7. The Hall–Kier alpha value is -1.42. The number of alkyl halides is 1. The number of methoxy groups -OCH3 is 2. The predicted molar refractivity (Wildman–Crippen MR) is 71.8 cm³/mol. The summed E-state index contributed by atoms with van der Waals surface area (Å²) < 4.78 is 10.3. The molecule has 0 bridgehead atoms. The third-order valence-corrected chi connectivity index (χ3v) is 2.77. The Labute approximate surface area is 112 Å². The van der Waals surface area contributed by atoms with Crippen LogP contribution in [0.1, 0.15) is 23.2 Å². The van der Waals surface area contributed by atoms with E-state index in [-0.39, 0.29) is 5.91 Å². The molecular weight excluding hydrogens is 254 g/mol. The maximum Gasteiger partial charge on any atom is 0.255 e. The SMILES string of the molecule is COc1ccc(C(=O)NCCCCCl)c(OC)c1. The molecule has 0 saturated carbocycles. The Balaban J connectivity index is 2.66. The largest absolute Gasteiger partial charge is 0.497 e. The molecule has 4 nitrogen and oxygen atoms in total. The van der Waals surface area contributed by atoms with Crippen molar-refractivity contribution in [2.75, 3.05) is 26.6 Å². The molecule has 1 amide bonds. The molecule has 0 fully saturated rings. The maximum absolute atomic E-state index is 11.9. The van der Waals surface area contributed by atoms with Crippen molar-refractivity contribution in [3.63, 3.8) is 0 Å². The van der Waals surface area contributed by atoms with Crippen LogP contribution in [0.5, 0.6) is 11.5 Å². The molecular formula is C13H18ClNO3. The highest BCUT2D eigenvalue weighted by molar-refractivity contribution is 6.17. The van der Waals surface area contributed by atoms with Crippen LogP contribution in [-0.4, -0.2) is 32.6 Å². The minimum Gasteiger partial charge on any atom is -0.497 e. The van der Waals surface area contributed by atoms with Gasteiger partial charge in [-0.1, -0.05) is 0 Å². The second kappa shape index (κ2) is 7.82. The van der Waals surface area contributed by atoms with Crippen molar-refractivity contribution >= 4 is 17.5 Å². The molecule has 0 aromatic heterocycles. The zero-order chi connectivity index (χ0) is 13.4. The fourth-order valence-electron chi connectivity index (χ4n) is 1.50. The van der Waals surface area contributed by atoms with E-state index in [0.29, 0.717) is 29.5 Å². The predicted octanol–water partition coefficient (Wildman–Crippen LogP) is 2.45. The van der Waals surface area contributed by atoms with Crippen LogP contribution in [0.15, 0.2) is 18.2 Å². The molecule has 5 heteroatoms. The molecule has 0 spiro atoms. The van der Waals surface area contributed by atoms with Gasteiger partial charge in [0.1, 0.15) is 11.5 Å². The van der Waals surface area contributed by atoms with Gasteiger partial charge in [0, 0.05) is 18.5 Å². The standard InChI is InChI=1S/C13H18ClNO3/c1-17-10-5-6-11(12(9-10)18-2)13(16)15-8-4-3-7-14/h5-6,9H,3-4,7-8H2,1-2H3,(H,15,16). The second-order valence-corrected chi connectivity index (χ2v) is 4.10. The number of carbonyl (C=O) groups is 1. The number of benzene rings is 1.